The Morgan fingerprint density at radius 2 is 0.507 bits per heavy atom. The predicted molar refractivity (Wildman–Crippen MR) is 307 cm³/mol. The molecule has 0 radical (unpaired) electrons. The fraction of sp³-hybridized carbons (Fsp3) is 0.892. The Kier molecular flexibility index (Phi) is 58.6. The van der Waals surface area contributed by atoms with E-state index in [2.05, 4.69) is 45.1 Å². The lowest BCUT2D eigenvalue weighted by Gasteiger charge is -2.18. The molecule has 71 heavy (non-hydrogen) atoms. The summed E-state index contributed by atoms with van der Waals surface area (Å²) in [7, 11) is 0. The van der Waals surface area contributed by atoms with Crippen molar-refractivity contribution in [3.63, 3.8) is 0 Å². The molecule has 0 aromatic heterocycles. The van der Waals surface area contributed by atoms with E-state index in [0.717, 1.165) is 70.6 Å². The van der Waals surface area contributed by atoms with Gasteiger partial charge in [0.05, 0.1) is 0 Å². The fourth-order valence-electron chi connectivity index (χ4n) is 9.65. The average Bonchev–Trinajstić information content (AvgIpc) is 3.37. The van der Waals surface area contributed by atoms with Gasteiger partial charge in [-0.05, 0) is 51.4 Å². The Labute approximate surface area is 443 Å². The molecule has 0 aliphatic heterocycles. The Bertz CT molecular complexity index is 1150. The predicted octanol–water partition coefficient (Wildman–Crippen LogP) is 21.4. The summed E-state index contributed by atoms with van der Waals surface area (Å²) in [4.78, 5) is 38.2. The minimum Gasteiger partial charge on any atom is -0.462 e. The van der Waals surface area contributed by atoms with Gasteiger partial charge < -0.3 is 14.2 Å². The number of rotatable bonds is 59. The molecule has 0 rings (SSSR count). The van der Waals surface area contributed by atoms with Crippen LogP contribution in [0.2, 0.25) is 0 Å². The smallest absolute Gasteiger partial charge is 0.306 e. The SMILES string of the molecule is CCCCCC/C=C\C/C=C\CCCCCCCCCC(=O)OC(COC(=O)CCCCCCCCCCCC)COC(=O)CCCCCCCCCCCCCCCCCCCCCCCCCCC. The molecule has 0 saturated heterocycles. The number of carbonyl (C=O) groups excluding carboxylic acids is 3. The first kappa shape index (κ1) is 68.9. The molecule has 0 aliphatic carbocycles. The second-order valence-corrected chi connectivity index (χ2v) is 21.7. The summed E-state index contributed by atoms with van der Waals surface area (Å²) >= 11 is 0. The minimum atomic E-state index is -0.771. The molecule has 0 spiro atoms. The van der Waals surface area contributed by atoms with Gasteiger partial charge in [0.25, 0.3) is 0 Å². The molecule has 0 aromatic rings. The molecule has 6 heteroatoms. The summed E-state index contributed by atoms with van der Waals surface area (Å²) in [5, 5.41) is 0. The summed E-state index contributed by atoms with van der Waals surface area (Å²) in [5.41, 5.74) is 0. The molecular formula is C65H122O6. The first-order valence-electron chi connectivity index (χ1n) is 31.8. The van der Waals surface area contributed by atoms with Gasteiger partial charge in [-0.2, -0.15) is 0 Å². The van der Waals surface area contributed by atoms with Gasteiger partial charge in [-0.3, -0.25) is 14.4 Å². The zero-order chi connectivity index (χ0) is 51.4. The molecule has 1 unspecified atom stereocenters. The first-order chi connectivity index (χ1) is 35.0. The Morgan fingerprint density at radius 3 is 0.789 bits per heavy atom. The maximum absolute atomic E-state index is 12.9. The van der Waals surface area contributed by atoms with Gasteiger partial charge in [0.15, 0.2) is 6.10 Å². The summed E-state index contributed by atoms with van der Waals surface area (Å²) in [6.45, 7) is 6.67. The lowest BCUT2D eigenvalue weighted by molar-refractivity contribution is -0.167. The number of hydrogen-bond donors (Lipinski definition) is 0. The molecular weight excluding hydrogens is 877 g/mol. The Balaban J connectivity index is 4.17. The normalized spacial score (nSPS) is 12.1. The first-order valence-corrected chi connectivity index (χ1v) is 31.8. The van der Waals surface area contributed by atoms with Gasteiger partial charge in [-0.15, -0.1) is 0 Å². The molecule has 0 N–H and O–H groups in total. The van der Waals surface area contributed by atoms with Crippen LogP contribution >= 0.6 is 0 Å². The van der Waals surface area contributed by atoms with Crippen molar-refractivity contribution in [2.24, 2.45) is 0 Å². The molecule has 0 amide bonds. The number of hydrogen-bond acceptors (Lipinski definition) is 6. The van der Waals surface area contributed by atoms with Crippen LogP contribution < -0.4 is 0 Å². The monoisotopic (exact) mass is 999 g/mol. The summed E-state index contributed by atoms with van der Waals surface area (Å²) in [6.07, 6.45) is 72.0. The number of unbranched alkanes of at least 4 members (excludes halogenated alkanes) is 44. The second kappa shape index (κ2) is 60.4. The van der Waals surface area contributed by atoms with Gasteiger partial charge in [-0.1, -0.05) is 308 Å². The topological polar surface area (TPSA) is 78.9 Å². The highest BCUT2D eigenvalue weighted by Gasteiger charge is 2.19. The van der Waals surface area contributed by atoms with Crippen molar-refractivity contribution in [2.75, 3.05) is 13.2 Å². The largest absolute Gasteiger partial charge is 0.462 e. The molecule has 1 atom stereocenters. The van der Waals surface area contributed by atoms with Crippen LogP contribution in [-0.2, 0) is 28.6 Å². The summed E-state index contributed by atoms with van der Waals surface area (Å²) in [5.74, 6) is -0.854. The van der Waals surface area contributed by atoms with E-state index in [1.165, 1.54) is 244 Å². The molecule has 6 nitrogen and oxygen atoms in total. The zero-order valence-electron chi connectivity index (χ0n) is 48.0. The van der Waals surface area contributed by atoms with Crippen LogP contribution in [0.4, 0.5) is 0 Å². The molecule has 0 bridgehead atoms. The molecule has 0 fully saturated rings. The molecule has 0 heterocycles. The van der Waals surface area contributed by atoms with E-state index in [1.54, 1.807) is 0 Å². The van der Waals surface area contributed by atoms with Crippen LogP contribution in [0.15, 0.2) is 24.3 Å². The third-order valence-electron chi connectivity index (χ3n) is 14.5. The van der Waals surface area contributed by atoms with E-state index in [9.17, 15) is 14.4 Å². The third-order valence-corrected chi connectivity index (χ3v) is 14.5. The van der Waals surface area contributed by atoms with Crippen LogP contribution in [0.25, 0.3) is 0 Å². The van der Waals surface area contributed by atoms with E-state index in [0.29, 0.717) is 19.3 Å². The molecule has 0 aromatic carbocycles. The van der Waals surface area contributed by atoms with Crippen molar-refractivity contribution in [3.8, 4) is 0 Å². The van der Waals surface area contributed by atoms with E-state index >= 15 is 0 Å². The van der Waals surface area contributed by atoms with E-state index in [-0.39, 0.29) is 31.1 Å². The molecule has 0 saturated carbocycles. The standard InChI is InChI=1S/C65H122O6/c1-4-7-10-13-16-19-22-24-26-28-30-31-32-33-34-35-36-38-39-41-43-46-49-52-55-58-64(67)70-61-62(60-69-63(66)57-54-51-48-45-21-18-15-12-9-6-3)71-65(68)59-56-53-50-47-44-42-40-37-29-27-25-23-20-17-14-11-8-5-2/h20,23,27,29,62H,4-19,21-22,24-26,28,30-61H2,1-3H3/b23-20-,29-27-. The number of esters is 3. The van der Waals surface area contributed by atoms with Crippen LogP contribution in [0.5, 0.6) is 0 Å². The van der Waals surface area contributed by atoms with Crippen LogP contribution in [0.3, 0.4) is 0 Å². The van der Waals surface area contributed by atoms with Gasteiger partial charge in [-0.25, -0.2) is 0 Å². The van der Waals surface area contributed by atoms with Crippen LogP contribution in [0, 0.1) is 0 Å². The van der Waals surface area contributed by atoms with Crippen molar-refractivity contribution in [1.29, 1.82) is 0 Å². The second-order valence-electron chi connectivity index (χ2n) is 21.7. The Hall–Kier alpha value is -2.11. The van der Waals surface area contributed by atoms with Crippen LogP contribution in [0.1, 0.15) is 355 Å². The average molecular weight is 1000 g/mol. The van der Waals surface area contributed by atoms with Crippen LogP contribution in [-0.4, -0.2) is 37.2 Å². The molecule has 418 valence electrons. The quantitative estimate of drug-likeness (QED) is 0.0261. The van der Waals surface area contributed by atoms with E-state index < -0.39 is 6.10 Å². The van der Waals surface area contributed by atoms with Gasteiger partial charge in [0, 0.05) is 19.3 Å². The molecule has 0 aliphatic rings. The highest BCUT2D eigenvalue weighted by molar-refractivity contribution is 5.71. The van der Waals surface area contributed by atoms with Gasteiger partial charge >= 0.3 is 17.9 Å². The van der Waals surface area contributed by atoms with Crippen molar-refractivity contribution in [3.05, 3.63) is 24.3 Å². The van der Waals surface area contributed by atoms with Gasteiger partial charge in [0.2, 0.25) is 0 Å². The van der Waals surface area contributed by atoms with Crippen molar-refractivity contribution in [2.45, 2.75) is 361 Å². The maximum Gasteiger partial charge on any atom is 0.306 e. The highest BCUT2D eigenvalue weighted by Crippen LogP contribution is 2.18. The third kappa shape index (κ3) is 58.7. The summed E-state index contributed by atoms with van der Waals surface area (Å²) < 4.78 is 16.9. The maximum atomic E-state index is 12.9. The zero-order valence-corrected chi connectivity index (χ0v) is 48.0. The lowest BCUT2D eigenvalue weighted by atomic mass is 10.0. The fourth-order valence-corrected chi connectivity index (χ4v) is 9.65. The number of allylic oxidation sites excluding steroid dienone is 4. The van der Waals surface area contributed by atoms with Crippen molar-refractivity contribution in [1.82, 2.24) is 0 Å². The van der Waals surface area contributed by atoms with Gasteiger partial charge in [0.1, 0.15) is 13.2 Å². The number of ether oxygens (including phenoxy) is 3. The number of carbonyl (C=O) groups is 3. The van der Waals surface area contributed by atoms with E-state index in [1.807, 2.05) is 0 Å². The highest BCUT2D eigenvalue weighted by atomic mass is 16.6. The van der Waals surface area contributed by atoms with E-state index in [4.69, 9.17) is 14.2 Å². The Morgan fingerprint density at radius 1 is 0.282 bits per heavy atom. The lowest BCUT2D eigenvalue weighted by Crippen LogP contribution is -2.30. The van der Waals surface area contributed by atoms with Crippen molar-refractivity contribution >= 4 is 17.9 Å². The van der Waals surface area contributed by atoms with Crippen molar-refractivity contribution < 1.29 is 28.6 Å². The summed E-state index contributed by atoms with van der Waals surface area (Å²) in [6, 6.07) is 0. The minimum absolute atomic E-state index is 0.0689.